The molecule has 0 spiro atoms. The minimum absolute atomic E-state index is 0.0711. The van der Waals surface area contributed by atoms with Gasteiger partial charge in [-0.25, -0.2) is 0 Å². The van der Waals surface area contributed by atoms with Gasteiger partial charge < -0.3 is 13.9 Å². The Balaban J connectivity index is 1.91. The van der Waals surface area contributed by atoms with Crippen molar-refractivity contribution in [3.8, 4) is 22.6 Å². The van der Waals surface area contributed by atoms with Gasteiger partial charge >= 0.3 is 0 Å². The van der Waals surface area contributed by atoms with Gasteiger partial charge in [-0.3, -0.25) is 4.79 Å². The first-order valence-electron chi connectivity index (χ1n) is 8.51. The molecule has 0 unspecified atom stereocenters. The van der Waals surface area contributed by atoms with E-state index in [9.17, 15) is 4.79 Å². The molecule has 26 heavy (non-hydrogen) atoms. The summed E-state index contributed by atoms with van der Waals surface area (Å²) in [5, 5.41) is 0.536. The first kappa shape index (κ1) is 16.5. The molecule has 2 heterocycles. The Morgan fingerprint density at radius 3 is 2.69 bits per heavy atom. The van der Waals surface area contributed by atoms with Crippen molar-refractivity contribution in [1.82, 2.24) is 0 Å². The fourth-order valence-corrected chi connectivity index (χ4v) is 3.24. The zero-order valence-electron chi connectivity index (χ0n) is 15.3. The Morgan fingerprint density at radius 1 is 1.12 bits per heavy atom. The van der Waals surface area contributed by atoms with Crippen LogP contribution in [0.1, 0.15) is 25.0 Å². The van der Waals surface area contributed by atoms with E-state index in [4.69, 9.17) is 13.9 Å². The molecule has 0 fully saturated rings. The third-order valence-corrected chi connectivity index (χ3v) is 4.68. The molecule has 4 nitrogen and oxygen atoms in total. The summed E-state index contributed by atoms with van der Waals surface area (Å²) in [4.78, 5) is 13.1. The van der Waals surface area contributed by atoms with Crippen LogP contribution in [0.15, 0.2) is 51.9 Å². The van der Waals surface area contributed by atoms with Crippen molar-refractivity contribution < 1.29 is 13.9 Å². The fraction of sp³-hybridized carbons (Fsp3) is 0.227. The minimum atomic E-state index is -0.376. The number of hydrogen-bond donors (Lipinski definition) is 0. The minimum Gasteiger partial charge on any atom is -0.496 e. The van der Waals surface area contributed by atoms with Crippen molar-refractivity contribution in [2.24, 2.45) is 0 Å². The van der Waals surface area contributed by atoms with Gasteiger partial charge in [0.15, 0.2) is 0 Å². The average molecular weight is 348 g/mol. The number of rotatable bonds is 2. The lowest BCUT2D eigenvalue weighted by atomic mass is 9.99. The second kappa shape index (κ2) is 5.77. The highest BCUT2D eigenvalue weighted by molar-refractivity contribution is 5.91. The van der Waals surface area contributed by atoms with Gasteiger partial charge in [0, 0.05) is 0 Å². The van der Waals surface area contributed by atoms with Crippen molar-refractivity contribution in [3.05, 3.63) is 64.0 Å². The summed E-state index contributed by atoms with van der Waals surface area (Å²) >= 11 is 0. The smallest absolute Gasteiger partial charge is 0.200 e. The summed E-state index contributed by atoms with van der Waals surface area (Å²) in [7, 11) is 1.62. The average Bonchev–Trinajstić information content (AvgIpc) is 2.61. The molecular formula is C22H20O4. The zero-order chi connectivity index (χ0) is 18.5. The van der Waals surface area contributed by atoms with E-state index < -0.39 is 0 Å². The summed E-state index contributed by atoms with van der Waals surface area (Å²) in [6, 6.07) is 9.30. The Kier molecular flexibility index (Phi) is 3.65. The van der Waals surface area contributed by atoms with E-state index in [1.165, 1.54) is 6.26 Å². The number of fused-ring (bicyclic) bond motifs is 3. The van der Waals surface area contributed by atoms with E-state index in [0.717, 1.165) is 28.2 Å². The van der Waals surface area contributed by atoms with Gasteiger partial charge in [-0.1, -0.05) is 12.1 Å². The maximum absolute atomic E-state index is 13.1. The molecule has 0 atom stereocenters. The van der Waals surface area contributed by atoms with Crippen molar-refractivity contribution >= 4 is 17.0 Å². The lowest BCUT2D eigenvalue weighted by Crippen LogP contribution is -2.27. The number of methoxy groups -OCH3 is 1. The highest BCUT2D eigenvalue weighted by atomic mass is 16.5. The molecule has 3 aromatic rings. The van der Waals surface area contributed by atoms with Crippen LogP contribution < -0.4 is 14.9 Å². The zero-order valence-corrected chi connectivity index (χ0v) is 15.3. The monoisotopic (exact) mass is 348 g/mol. The quantitative estimate of drug-likeness (QED) is 0.657. The number of ether oxygens (including phenoxy) is 2. The molecular weight excluding hydrogens is 328 g/mol. The molecule has 0 amide bonds. The lowest BCUT2D eigenvalue weighted by molar-refractivity contribution is 0.159. The van der Waals surface area contributed by atoms with Gasteiger partial charge in [-0.2, -0.15) is 0 Å². The van der Waals surface area contributed by atoms with E-state index >= 15 is 0 Å². The van der Waals surface area contributed by atoms with Crippen LogP contribution in [0.3, 0.4) is 0 Å². The van der Waals surface area contributed by atoms with Crippen LogP contribution in [0.5, 0.6) is 11.5 Å². The topological polar surface area (TPSA) is 48.7 Å². The molecule has 0 aliphatic carbocycles. The Labute approximate surface area is 151 Å². The van der Waals surface area contributed by atoms with Crippen LogP contribution in [0.25, 0.3) is 28.2 Å². The van der Waals surface area contributed by atoms with Crippen LogP contribution in [-0.4, -0.2) is 12.7 Å². The van der Waals surface area contributed by atoms with Gasteiger partial charge in [-0.15, -0.1) is 0 Å². The van der Waals surface area contributed by atoms with Crippen molar-refractivity contribution in [2.45, 2.75) is 26.4 Å². The third kappa shape index (κ3) is 2.58. The van der Waals surface area contributed by atoms with Crippen molar-refractivity contribution in [2.75, 3.05) is 7.11 Å². The van der Waals surface area contributed by atoms with E-state index in [1.54, 1.807) is 13.2 Å². The van der Waals surface area contributed by atoms with Crippen LogP contribution in [0.4, 0.5) is 0 Å². The van der Waals surface area contributed by atoms with Gasteiger partial charge in [-0.05, 0) is 62.2 Å². The van der Waals surface area contributed by atoms with Gasteiger partial charge in [0.1, 0.15) is 28.9 Å². The number of benzene rings is 2. The van der Waals surface area contributed by atoms with E-state index in [0.29, 0.717) is 16.5 Å². The molecule has 4 heteroatoms. The van der Waals surface area contributed by atoms with Gasteiger partial charge in [0.25, 0.3) is 0 Å². The highest BCUT2D eigenvalue weighted by Gasteiger charge is 2.24. The molecule has 1 aliphatic rings. The van der Waals surface area contributed by atoms with Crippen LogP contribution >= 0.6 is 0 Å². The normalized spacial score (nSPS) is 14.8. The molecule has 0 bridgehead atoms. The SMILES string of the molecule is COc1cc(-c2coc3c4c(ccc3c2=O)OC(C)(C)C=C4)ccc1C. The maximum atomic E-state index is 13.1. The van der Waals surface area contributed by atoms with E-state index in [-0.39, 0.29) is 11.0 Å². The van der Waals surface area contributed by atoms with Crippen LogP contribution in [0.2, 0.25) is 0 Å². The molecule has 0 radical (unpaired) electrons. The predicted octanol–water partition coefficient (Wildman–Crippen LogP) is 4.96. The first-order valence-corrected chi connectivity index (χ1v) is 8.51. The van der Waals surface area contributed by atoms with E-state index in [2.05, 4.69) is 0 Å². The lowest BCUT2D eigenvalue weighted by Gasteiger charge is -2.27. The molecule has 0 saturated heterocycles. The van der Waals surface area contributed by atoms with E-state index in [1.807, 2.05) is 57.2 Å². The van der Waals surface area contributed by atoms with Crippen LogP contribution in [0, 0.1) is 6.92 Å². The second-order valence-corrected chi connectivity index (χ2v) is 7.06. The summed E-state index contributed by atoms with van der Waals surface area (Å²) in [5.41, 5.74) is 3.19. The Morgan fingerprint density at radius 2 is 1.92 bits per heavy atom. The molecule has 1 aliphatic heterocycles. The largest absolute Gasteiger partial charge is 0.496 e. The molecule has 4 rings (SSSR count). The summed E-state index contributed by atoms with van der Waals surface area (Å²) in [5.74, 6) is 1.46. The Bertz CT molecular complexity index is 1100. The summed E-state index contributed by atoms with van der Waals surface area (Å²) in [6.45, 7) is 5.94. The maximum Gasteiger partial charge on any atom is 0.200 e. The molecule has 0 N–H and O–H groups in total. The standard InChI is InChI=1S/C22H20O4/c1-13-5-6-14(11-19(13)24-4)17-12-25-21-15-9-10-22(2,3)26-18(15)8-7-16(21)20(17)23/h5-12H,1-4H3. The summed E-state index contributed by atoms with van der Waals surface area (Å²) < 4.78 is 17.2. The molecule has 2 aromatic carbocycles. The van der Waals surface area contributed by atoms with Gasteiger partial charge in [0.2, 0.25) is 5.43 Å². The first-order chi connectivity index (χ1) is 12.4. The molecule has 132 valence electrons. The van der Waals surface area contributed by atoms with Crippen molar-refractivity contribution in [3.63, 3.8) is 0 Å². The molecule has 1 aromatic heterocycles. The molecule has 0 saturated carbocycles. The number of aryl methyl sites for hydroxylation is 1. The van der Waals surface area contributed by atoms with Gasteiger partial charge in [0.05, 0.1) is 23.6 Å². The van der Waals surface area contributed by atoms with Crippen LogP contribution in [-0.2, 0) is 0 Å². The highest BCUT2D eigenvalue weighted by Crippen LogP contribution is 2.36. The fourth-order valence-electron chi connectivity index (χ4n) is 3.24. The summed E-state index contributed by atoms with van der Waals surface area (Å²) in [6.07, 6.45) is 5.44. The Hall–Kier alpha value is -3.01. The predicted molar refractivity (Wildman–Crippen MR) is 103 cm³/mol. The third-order valence-electron chi connectivity index (χ3n) is 4.68. The second-order valence-electron chi connectivity index (χ2n) is 7.06. The van der Waals surface area contributed by atoms with Crippen molar-refractivity contribution in [1.29, 1.82) is 0 Å². The number of hydrogen-bond acceptors (Lipinski definition) is 4.